The molecule has 1 aromatic carbocycles. The molecule has 2 aromatic rings. The van der Waals surface area contributed by atoms with Crippen LogP contribution in [0.1, 0.15) is 0 Å². The lowest BCUT2D eigenvalue weighted by molar-refractivity contribution is -0.384. The van der Waals surface area contributed by atoms with Gasteiger partial charge in [0.2, 0.25) is 0 Å². The Hall–Kier alpha value is -2.21. The van der Waals surface area contributed by atoms with Gasteiger partial charge >= 0.3 is 5.69 Å². The molecule has 6 heteroatoms. The fourth-order valence-corrected chi connectivity index (χ4v) is 3.62. The number of para-hydroxylation sites is 1. The highest BCUT2D eigenvalue weighted by Crippen LogP contribution is 2.39. The van der Waals surface area contributed by atoms with Crippen LogP contribution in [-0.2, 0) is 0 Å². The van der Waals surface area contributed by atoms with E-state index in [1.165, 1.54) is 6.20 Å². The zero-order valence-corrected chi connectivity index (χ0v) is 11.5. The smallest absolute Gasteiger partial charge is 0.311 e. The Labute approximate surface area is 121 Å². The maximum absolute atomic E-state index is 11.4. The fraction of sp³-hybridized carbons (Fsp3) is 0.400. The van der Waals surface area contributed by atoms with Crippen molar-refractivity contribution in [3.8, 4) is 0 Å². The molecular formula is C15H16N4O2. The van der Waals surface area contributed by atoms with Crippen LogP contribution >= 0.6 is 0 Å². The van der Waals surface area contributed by atoms with Crippen molar-refractivity contribution in [2.45, 2.75) is 0 Å². The predicted octanol–water partition coefficient (Wildman–Crippen LogP) is 1.80. The van der Waals surface area contributed by atoms with E-state index in [0.717, 1.165) is 42.8 Å². The largest absolute Gasteiger partial charge is 0.365 e. The normalized spacial score (nSPS) is 24.5. The highest BCUT2D eigenvalue weighted by molar-refractivity contribution is 5.96. The summed E-state index contributed by atoms with van der Waals surface area (Å²) in [5, 5.41) is 15.7. The molecule has 2 unspecified atom stereocenters. The number of pyridine rings is 1. The molecule has 4 rings (SSSR count). The van der Waals surface area contributed by atoms with Crippen LogP contribution in [0.2, 0.25) is 0 Å². The molecule has 0 spiro atoms. The van der Waals surface area contributed by atoms with Gasteiger partial charge in [-0.15, -0.1) is 0 Å². The third kappa shape index (κ3) is 1.94. The van der Waals surface area contributed by atoms with Gasteiger partial charge in [-0.2, -0.15) is 0 Å². The molecule has 21 heavy (non-hydrogen) atoms. The number of rotatable bonds is 2. The minimum atomic E-state index is -0.318. The van der Waals surface area contributed by atoms with E-state index in [1.807, 2.05) is 24.3 Å². The van der Waals surface area contributed by atoms with Crippen LogP contribution in [0.5, 0.6) is 0 Å². The number of anilines is 1. The lowest BCUT2D eigenvalue weighted by Crippen LogP contribution is -2.26. The molecule has 2 fully saturated rings. The zero-order chi connectivity index (χ0) is 14.4. The average molecular weight is 284 g/mol. The molecule has 6 nitrogen and oxygen atoms in total. The van der Waals surface area contributed by atoms with E-state index in [2.05, 4.69) is 15.2 Å². The molecule has 0 bridgehead atoms. The molecule has 0 radical (unpaired) electrons. The molecule has 1 N–H and O–H groups in total. The van der Waals surface area contributed by atoms with Crippen molar-refractivity contribution >= 4 is 22.3 Å². The van der Waals surface area contributed by atoms with Crippen LogP contribution < -0.4 is 10.2 Å². The van der Waals surface area contributed by atoms with Crippen LogP contribution in [0.4, 0.5) is 11.4 Å². The van der Waals surface area contributed by atoms with Gasteiger partial charge in [0.05, 0.1) is 10.4 Å². The molecule has 0 saturated carbocycles. The monoisotopic (exact) mass is 284 g/mol. The summed E-state index contributed by atoms with van der Waals surface area (Å²) in [6.07, 6.45) is 1.39. The minimum absolute atomic E-state index is 0.113. The first-order valence-corrected chi connectivity index (χ1v) is 7.22. The second-order valence-electron chi connectivity index (χ2n) is 5.85. The molecule has 2 saturated heterocycles. The van der Waals surface area contributed by atoms with Crippen LogP contribution in [0.3, 0.4) is 0 Å². The third-order valence-electron chi connectivity index (χ3n) is 4.63. The van der Waals surface area contributed by atoms with E-state index in [1.54, 1.807) is 0 Å². The summed E-state index contributed by atoms with van der Waals surface area (Å²) >= 11 is 0. The summed E-state index contributed by atoms with van der Waals surface area (Å²) in [7, 11) is 0. The first-order valence-electron chi connectivity index (χ1n) is 7.22. The summed E-state index contributed by atoms with van der Waals surface area (Å²) < 4.78 is 0. The Balaban J connectivity index is 1.85. The Morgan fingerprint density at radius 1 is 1.24 bits per heavy atom. The van der Waals surface area contributed by atoms with Crippen molar-refractivity contribution in [2.75, 3.05) is 31.1 Å². The molecule has 0 aliphatic carbocycles. The van der Waals surface area contributed by atoms with Crippen molar-refractivity contribution in [3.05, 3.63) is 40.6 Å². The van der Waals surface area contributed by atoms with Crippen LogP contribution in [-0.4, -0.2) is 36.1 Å². The van der Waals surface area contributed by atoms with Crippen molar-refractivity contribution < 1.29 is 4.92 Å². The number of hydrogen-bond acceptors (Lipinski definition) is 5. The van der Waals surface area contributed by atoms with Crippen LogP contribution in [0.25, 0.3) is 10.9 Å². The summed E-state index contributed by atoms with van der Waals surface area (Å²) in [6.45, 7) is 3.79. The lowest BCUT2D eigenvalue weighted by atomic mass is 10.0. The van der Waals surface area contributed by atoms with E-state index in [0.29, 0.717) is 11.8 Å². The quantitative estimate of drug-likeness (QED) is 0.672. The highest BCUT2D eigenvalue weighted by atomic mass is 16.6. The average Bonchev–Trinajstić information content (AvgIpc) is 3.07. The van der Waals surface area contributed by atoms with Gasteiger partial charge in [-0.05, 0) is 17.9 Å². The molecule has 2 aliphatic rings. The van der Waals surface area contributed by atoms with Gasteiger partial charge < -0.3 is 10.2 Å². The number of nitrogens with one attached hydrogen (secondary N) is 1. The van der Waals surface area contributed by atoms with E-state index < -0.39 is 0 Å². The van der Waals surface area contributed by atoms with Crippen molar-refractivity contribution in [3.63, 3.8) is 0 Å². The number of hydrogen-bond donors (Lipinski definition) is 1. The molecular weight excluding hydrogens is 268 g/mol. The van der Waals surface area contributed by atoms with E-state index in [-0.39, 0.29) is 10.6 Å². The van der Waals surface area contributed by atoms with Gasteiger partial charge in [0.1, 0.15) is 11.9 Å². The van der Waals surface area contributed by atoms with Crippen LogP contribution in [0, 0.1) is 22.0 Å². The molecule has 2 atom stereocenters. The van der Waals surface area contributed by atoms with Crippen molar-refractivity contribution in [1.29, 1.82) is 0 Å². The van der Waals surface area contributed by atoms with Gasteiger partial charge in [0, 0.05) is 31.6 Å². The third-order valence-corrected chi connectivity index (χ3v) is 4.63. The topological polar surface area (TPSA) is 71.3 Å². The van der Waals surface area contributed by atoms with E-state index >= 15 is 0 Å². The molecule has 1 aromatic heterocycles. The molecule has 3 heterocycles. The number of fused-ring (bicyclic) bond motifs is 2. The Morgan fingerprint density at radius 3 is 2.67 bits per heavy atom. The standard InChI is InChI=1S/C15H16N4O2/c20-19(21)14-7-17-13-4-2-1-3-12(13)15(14)18-8-10-5-16-6-11(10)9-18/h1-4,7,10-11,16H,5-6,8-9H2. The van der Waals surface area contributed by atoms with Gasteiger partial charge in [-0.1, -0.05) is 18.2 Å². The second-order valence-corrected chi connectivity index (χ2v) is 5.85. The summed E-state index contributed by atoms with van der Waals surface area (Å²) in [5.74, 6) is 1.19. The fourth-order valence-electron chi connectivity index (χ4n) is 3.62. The van der Waals surface area contributed by atoms with Gasteiger partial charge in [-0.25, -0.2) is 4.98 Å². The number of nitrogens with zero attached hydrogens (tertiary/aromatic N) is 3. The maximum atomic E-state index is 11.4. The highest BCUT2D eigenvalue weighted by Gasteiger charge is 2.38. The summed E-state index contributed by atoms with van der Waals surface area (Å²) in [4.78, 5) is 17.5. The summed E-state index contributed by atoms with van der Waals surface area (Å²) in [5.41, 5.74) is 1.66. The number of benzene rings is 1. The van der Waals surface area contributed by atoms with Crippen molar-refractivity contribution in [1.82, 2.24) is 10.3 Å². The van der Waals surface area contributed by atoms with Gasteiger partial charge in [-0.3, -0.25) is 10.1 Å². The second kappa shape index (κ2) is 4.66. The van der Waals surface area contributed by atoms with Gasteiger partial charge in [0.15, 0.2) is 0 Å². The number of aromatic nitrogens is 1. The molecule has 2 aliphatic heterocycles. The van der Waals surface area contributed by atoms with Gasteiger partial charge in [0.25, 0.3) is 0 Å². The number of nitro groups is 1. The lowest BCUT2D eigenvalue weighted by Gasteiger charge is -2.21. The first kappa shape index (κ1) is 12.5. The van der Waals surface area contributed by atoms with Crippen molar-refractivity contribution in [2.24, 2.45) is 11.8 Å². The predicted molar refractivity (Wildman–Crippen MR) is 80.5 cm³/mol. The molecule has 0 amide bonds. The van der Waals surface area contributed by atoms with Crippen LogP contribution in [0.15, 0.2) is 30.5 Å². The zero-order valence-electron chi connectivity index (χ0n) is 11.5. The Bertz CT molecular complexity index is 706. The summed E-state index contributed by atoms with van der Waals surface area (Å²) in [6, 6.07) is 7.65. The molecule has 108 valence electrons. The SMILES string of the molecule is O=[N+]([O-])c1cnc2ccccc2c1N1CC2CNCC2C1. The Kier molecular flexibility index (Phi) is 2.78. The first-order chi connectivity index (χ1) is 10.2. The minimum Gasteiger partial charge on any atom is -0.365 e. The Morgan fingerprint density at radius 2 is 1.95 bits per heavy atom. The maximum Gasteiger partial charge on any atom is 0.311 e. The van der Waals surface area contributed by atoms with E-state index in [4.69, 9.17) is 0 Å². The van der Waals surface area contributed by atoms with E-state index in [9.17, 15) is 10.1 Å².